The molecule has 2 rings (SSSR count). The van der Waals surface area contributed by atoms with Crippen LogP contribution in [0.15, 0.2) is 40.9 Å². The summed E-state index contributed by atoms with van der Waals surface area (Å²) in [7, 11) is 0. The molecule has 3 N–H and O–H groups in total. The molecule has 0 saturated carbocycles. The second-order valence-corrected chi connectivity index (χ2v) is 5.16. The van der Waals surface area contributed by atoms with Crippen LogP contribution in [0.5, 0.6) is 0 Å². The number of nitrogens with two attached hydrogens (primary N) is 1. The van der Waals surface area contributed by atoms with Gasteiger partial charge in [-0.3, -0.25) is 0 Å². The van der Waals surface area contributed by atoms with Crippen molar-refractivity contribution >= 4 is 44.5 Å². The molecule has 0 unspecified atom stereocenters. The van der Waals surface area contributed by atoms with Crippen LogP contribution in [0.3, 0.4) is 0 Å². The van der Waals surface area contributed by atoms with Crippen LogP contribution in [0.4, 0.5) is 20.2 Å². The van der Waals surface area contributed by atoms with Crippen LogP contribution < -0.4 is 11.1 Å². The molecule has 0 radical (unpaired) electrons. The molecule has 98 valence electrons. The van der Waals surface area contributed by atoms with Crippen molar-refractivity contribution in [3.05, 3.63) is 58.1 Å². The second kappa shape index (κ2) is 5.63. The maximum atomic E-state index is 13.8. The van der Waals surface area contributed by atoms with Gasteiger partial charge in [0.2, 0.25) is 0 Å². The molecule has 0 spiro atoms. The zero-order chi connectivity index (χ0) is 14.0. The van der Waals surface area contributed by atoms with Gasteiger partial charge in [-0.25, -0.2) is 8.78 Å². The maximum absolute atomic E-state index is 13.8. The Bertz CT molecular complexity index is 647. The van der Waals surface area contributed by atoms with E-state index in [0.717, 1.165) is 0 Å². The van der Waals surface area contributed by atoms with E-state index in [1.807, 2.05) is 0 Å². The fraction of sp³-hybridized carbons (Fsp3) is 0. The Hall–Kier alpha value is -1.53. The van der Waals surface area contributed by atoms with Crippen molar-refractivity contribution in [2.45, 2.75) is 0 Å². The highest BCUT2D eigenvalue weighted by Crippen LogP contribution is 2.25. The number of rotatable bonds is 3. The number of benzene rings is 2. The average molecular weight is 343 g/mol. The van der Waals surface area contributed by atoms with Gasteiger partial charge in [0.15, 0.2) is 0 Å². The van der Waals surface area contributed by atoms with Crippen LogP contribution in [0.25, 0.3) is 0 Å². The predicted molar refractivity (Wildman–Crippen MR) is 79.7 cm³/mol. The molecule has 2 aromatic carbocycles. The molecule has 0 amide bonds. The number of hydrogen-bond acceptors (Lipinski definition) is 2. The SMILES string of the molecule is NC(=S)c1ccc(Nc2ccc(Br)cc2F)c(F)c1. The Labute approximate surface area is 122 Å². The highest BCUT2D eigenvalue weighted by atomic mass is 79.9. The van der Waals surface area contributed by atoms with Crippen molar-refractivity contribution < 1.29 is 8.78 Å². The summed E-state index contributed by atoms with van der Waals surface area (Å²) in [6, 6.07) is 8.72. The highest BCUT2D eigenvalue weighted by molar-refractivity contribution is 9.10. The number of hydrogen-bond donors (Lipinski definition) is 2. The molecule has 0 aliphatic carbocycles. The van der Waals surface area contributed by atoms with E-state index in [0.29, 0.717) is 10.0 Å². The number of anilines is 2. The van der Waals surface area contributed by atoms with Gasteiger partial charge in [0, 0.05) is 10.0 Å². The Morgan fingerprint density at radius 3 is 2.16 bits per heavy atom. The van der Waals surface area contributed by atoms with Gasteiger partial charge in [-0.05, 0) is 36.4 Å². The lowest BCUT2D eigenvalue weighted by Crippen LogP contribution is -2.10. The van der Waals surface area contributed by atoms with Gasteiger partial charge >= 0.3 is 0 Å². The molecule has 6 heteroatoms. The van der Waals surface area contributed by atoms with Gasteiger partial charge in [0.05, 0.1) is 11.4 Å². The van der Waals surface area contributed by atoms with Crippen molar-refractivity contribution in [3.8, 4) is 0 Å². The molecule has 2 nitrogen and oxygen atoms in total. The van der Waals surface area contributed by atoms with Crippen LogP contribution >= 0.6 is 28.1 Å². The van der Waals surface area contributed by atoms with E-state index in [1.165, 1.54) is 24.3 Å². The van der Waals surface area contributed by atoms with Crippen LogP contribution in [-0.4, -0.2) is 4.99 Å². The summed E-state index contributed by atoms with van der Waals surface area (Å²) in [6.07, 6.45) is 0. The fourth-order valence-electron chi connectivity index (χ4n) is 1.51. The van der Waals surface area contributed by atoms with E-state index in [-0.39, 0.29) is 16.4 Å². The molecule has 0 aliphatic heterocycles. The quantitative estimate of drug-likeness (QED) is 0.824. The van der Waals surface area contributed by atoms with Crippen molar-refractivity contribution in [2.24, 2.45) is 5.73 Å². The minimum atomic E-state index is -0.549. The summed E-state index contributed by atoms with van der Waals surface area (Å²) in [5, 5.41) is 2.68. The molecule has 0 aromatic heterocycles. The van der Waals surface area contributed by atoms with Gasteiger partial charge in [-0.1, -0.05) is 28.1 Å². The van der Waals surface area contributed by atoms with Crippen LogP contribution in [0.1, 0.15) is 5.56 Å². The van der Waals surface area contributed by atoms with Crippen LogP contribution in [-0.2, 0) is 0 Å². The lowest BCUT2D eigenvalue weighted by atomic mass is 10.2. The molecule has 0 saturated heterocycles. The molecular weight excluding hydrogens is 334 g/mol. The molecule has 0 atom stereocenters. The topological polar surface area (TPSA) is 38.0 Å². The predicted octanol–water partition coefficient (Wildman–Crippen LogP) is 4.11. The summed E-state index contributed by atoms with van der Waals surface area (Å²) in [5.74, 6) is -1.03. The third kappa shape index (κ3) is 3.27. The summed E-state index contributed by atoms with van der Waals surface area (Å²) in [4.78, 5) is 0.111. The van der Waals surface area contributed by atoms with E-state index in [9.17, 15) is 8.78 Å². The number of thiocarbonyl (C=S) groups is 1. The first kappa shape index (κ1) is 13.9. The first-order valence-electron chi connectivity index (χ1n) is 5.29. The fourth-order valence-corrected chi connectivity index (χ4v) is 1.97. The van der Waals surface area contributed by atoms with Gasteiger partial charge in [0.25, 0.3) is 0 Å². The Kier molecular flexibility index (Phi) is 4.11. The van der Waals surface area contributed by atoms with Crippen LogP contribution in [0.2, 0.25) is 0 Å². The molecular formula is C13H9BrF2N2S. The van der Waals surface area contributed by atoms with Gasteiger partial charge < -0.3 is 11.1 Å². The van der Waals surface area contributed by atoms with Crippen molar-refractivity contribution in [1.29, 1.82) is 0 Å². The summed E-state index contributed by atoms with van der Waals surface area (Å²) in [5.41, 5.74) is 6.17. The zero-order valence-corrected chi connectivity index (χ0v) is 12.0. The van der Waals surface area contributed by atoms with Crippen molar-refractivity contribution in [3.63, 3.8) is 0 Å². The largest absolute Gasteiger partial charge is 0.389 e. The summed E-state index contributed by atoms with van der Waals surface area (Å²) < 4.78 is 28.0. The zero-order valence-electron chi connectivity index (χ0n) is 9.58. The molecule has 19 heavy (non-hydrogen) atoms. The van der Waals surface area contributed by atoms with Gasteiger partial charge in [-0.2, -0.15) is 0 Å². The van der Waals surface area contributed by atoms with Gasteiger partial charge in [-0.15, -0.1) is 0 Å². The lowest BCUT2D eigenvalue weighted by molar-refractivity contribution is 0.625. The summed E-state index contributed by atoms with van der Waals surface area (Å²) >= 11 is 7.91. The third-order valence-corrected chi connectivity index (χ3v) is 3.18. The number of halogens is 3. The Morgan fingerprint density at radius 1 is 1.05 bits per heavy atom. The van der Waals surface area contributed by atoms with E-state index >= 15 is 0 Å². The molecule has 0 heterocycles. The molecule has 2 aromatic rings. The van der Waals surface area contributed by atoms with Crippen molar-refractivity contribution in [1.82, 2.24) is 0 Å². The minimum absolute atomic E-state index is 0.111. The van der Waals surface area contributed by atoms with Gasteiger partial charge in [0.1, 0.15) is 16.6 Å². The van der Waals surface area contributed by atoms with E-state index < -0.39 is 11.6 Å². The Morgan fingerprint density at radius 2 is 1.63 bits per heavy atom. The second-order valence-electron chi connectivity index (χ2n) is 3.81. The standard InChI is InChI=1S/C13H9BrF2N2S/c14-8-2-4-12(10(16)6-8)18-11-3-1-7(13(17)19)5-9(11)15/h1-6,18H,(H2,17,19). The first-order chi connectivity index (χ1) is 8.97. The normalized spacial score (nSPS) is 10.3. The average Bonchev–Trinajstić information content (AvgIpc) is 2.34. The smallest absolute Gasteiger partial charge is 0.147 e. The molecule has 0 bridgehead atoms. The minimum Gasteiger partial charge on any atom is -0.389 e. The monoisotopic (exact) mass is 342 g/mol. The van der Waals surface area contributed by atoms with Crippen LogP contribution in [0, 0.1) is 11.6 Å². The maximum Gasteiger partial charge on any atom is 0.147 e. The van der Waals surface area contributed by atoms with Crippen molar-refractivity contribution in [2.75, 3.05) is 5.32 Å². The van der Waals surface area contributed by atoms with E-state index in [4.69, 9.17) is 18.0 Å². The third-order valence-electron chi connectivity index (χ3n) is 2.45. The van der Waals surface area contributed by atoms with E-state index in [2.05, 4.69) is 21.2 Å². The Balaban J connectivity index is 2.31. The summed E-state index contributed by atoms with van der Waals surface area (Å²) in [6.45, 7) is 0. The van der Waals surface area contributed by atoms with E-state index in [1.54, 1.807) is 12.1 Å². The first-order valence-corrected chi connectivity index (χ1v) is 6.49. The lowest BCUT2D eigenvalue weighted by Gasteiger charge is -2.10. The molecule has 0 aliphatic rings. The number of nitrogens with one attached hydrogen (secondary N) is 1. The molecule has 0 fully saturated rings. The highest BCUT2D eigenvalue weighted by Gasteiger charge is 2.08.